The molecule has 18 heavy (non-hydrogen) atoms. The molecule has 4 heteroatoms. The molecular weight excluding hydrogens is 228 g/mol. The molecule has 0 saturated heterocycles. The molecular formula is C14H18N2O2. The van der Waals surface area contributed by atoms with Gasteiger partial charge < -0.3 is 14.5 Å². The fourth-order valence-corrected chi connectivity index (χ4v) is 1.89. The second-order valence-electron chi connectivity index (χ2n) is 4.32. The lowest BCUT2D eigenvalue weighted by Crippen LogP contribution is -2.18. The SMILES string of the molecule is COc1ccc(C)cc1C(C)NCc1cnco1. The van der Waals surface area contributed by atoms with Gasteiger partial charge in [-0.2, -0.15) is 0 Å². The number of aromatic nitrogens is 1. The van der Waals surface area contributed by atoms with Crippen molar-refractivity contribution < 1.29 is 9.15 Å². The predicted octanol–water partition coefficient (Wildman–Crippen LogP) is 2.84. The zero-order valence-corrected chi connectivity index (χ0v) is 10.9. The van der Waals surface area contributed by atoms with E-state index in [0.717, 1.165) is 17.1 Å². The van der Waals surface area contributed by atoms with Crippen molar-refractivity contribution >= 4 is 0 Å². The number of hydrogen-bond donors (Lipinski definition) is 1. The summed E-state index contributed by atoms with van der Waals surface area (Å²) < 4.78 is 10.6. The fraction of sp³-hybridized carbons (Fsp3) is 0.357. The first-order chi connectivity index (χ1) is 8.70. The van der Waals surface area contributed by atoms with E-state index in [1.165, 1.54) is 12.0 Å². The molecule has 4 nitrogen and oxygen atoms in total. The van der Waals surface area contributed by atoms with E-state index in [1.54, 1.807) is 13.3 Å². The average molecular weight is 246 g/mol. The van der Waals surface area contributed by atoms with E-state index in [-0.39, 0.29) is 6.04 Å². The highest BCUT2D eigenvalue weighted by molar-refractivity contribution is 5.38. The highest BCUT2D eigenvalue weighted by Crippen LogP contribution is 2.26. The molecule has 1 aromatic heterocycles. The van der Waals surface area contributed by atoms with Crippen LogP contribution in [0.2, 0.25) is 0 Å². The van der Waals surface area contributed by atoms with Gasteiger partial charge >= 0.3 is 0 Å². The maximum atomic E-state index is 5.38. The van der Waals surface area contributed by atoms with Crippen LogP contribution in [0.1, 0.15) is 29.9 Å². The van der Waals surface area contributed by atoms with Gasteiger partial charge in [0.05, 0.1) is 19.9 Å². The number of nitrogens with zero attached hydrogens (tertiary/aromatic N) is 1. The topological polar surface area (TPSA) is 47.3 Å². The van der Waals surface area contributed by atoms with Gasteiger partial charge in [-0.25, -0.2) is 4.98 Å². The largest absolute Gasteiger partial charge is 0.496 e. The Balaban J connectivity index is 2.08. The summed E-state index contributed by atoms with van der Waals surface area (Å²) >= 11 is 0. The lowest BCUT2D eigenvalue weighted by atomic mass is 10.0. The van der Waals surface area contributed by atoms with Crippen LogP contribution < -0.4 is 10.1 Å². The second kappa shape index (κ2) is 5.69. The van der Waals surface area contributed by atoms with Crippen molar-refractivity contribution in [3.05, 3.63) is 47.7 Å². The maximum absolute atomic E-state index is 5.38. The second-order valence-corrected chi connectivity index (χ2v) is 4.32. The van der Waals surface area contributed by atoms with E-state index in [0.29, 0.717) is 6.54 Å². The van der Waals surface area contributed by atoms with Crippen molar-refractivity contribution in [3.8, 4) is 5.75 Å². The van der Waals surface area contributed by atoms with E-state index in [4.69, 9.17) is 9.15 Å². The maximum Gasteiger partial charge on any atom is 0.180 e. The van der Waals surface area contributed by atoms with Crippen LogP contribution in [0.3, 0.4) is 0 Å². The molecule has 0 spiro atoms. The number of ether oxygens (including phenoxy) is 1. The summed E-state index contributed by atoms with van der Waals surface area (Å²) in [6.45, 7) is 4.83. The molecule has 0 fully saturated rings. The van der Waals surface area contributed by atoms with Gasteiger partial charge in [-0.15, -0.1) is 0 Å². The van der Waals surface area contributed by atoms with E-state index >= 15 is 0 Å². The number of hydrogen-bond acceptors (Lipinski definition) is 4. The summed E-state index contributed by atoms with van der Waals surface area (Å²) in [5.41, 5.74) is 2.37. The number of oxazole rings is 1. The van der Waals surface area contributed by atoms with Crippen molar-refractivity contribution in [2.24, 2.45) is 0 Å². The van der Waals surface area contributed by atoms with Crippen molar-refractivity contribution in [2.75, 3.05) is 7.11 Å². The molecule has 0 aliphatic heterocycles. The molecule has 1 aromatic carbocycles. The average Bonchev–Trinajstić information content (AvgIpc) is 2.89. The van der Waals surface area contributed by atoms with Crippen LogP contribution in [-0.4, -0.2) is 12.1 Å². The summed E-state index contributed by atoms with van der Waals surface area (Å²) in [7, 11) is 1.69. The highest BCUT2D eigenvalue weighted by Gasteiger charge is 2.11. The van der Waals surface area contributed by atoms with Crippen molar-refractivity contribution in [2.45, 2.75) is 26.4 Å². The van der Waals surface area contributed by atoms with Crippen LogP contribution in [0.15, 0.2) is 35.2 Å². The lowest BCUT2D eigenvalue weighted by molar-refractivity contribution is 0.397. The first-order valence-electron chi connectivity index (χ1n) is 5.96. The third-order valence-electron chi connectivity index (χ3n) is 2.92. The quantitative estimate of drug-likeness (QED) is 0.881. The monoisotopic (exact) mass is 246 g/mol. The van der Waals surface area contributed by atoms with Gasteiger partial charge in [0, 0.05) is 11.6 Å². The third-order valence-corrected chi connectivity index (χ3v) is 2.92. The van der Waals surface area contributed by atoms with Gasteiger partial charge in [0.1, 0.15) is 11.5 Å². The number of aryl methyl sites for hydroxylation is 1. The summed E-state index contributed by atoms with van der Waals surface area (Å²) in [6, 6.07) is 6.37. The molecule has 0 radical (unpaired) electrons. The molecule has 0 aliphatic rings. The molecule has 1 atom stereocenters. The number of nitrogens with one attached hydrogen (secondary N) is 1. The Hall–Kier alpha value is -1.81. The molecule has 1 heterocycles. The van der Waals surface area contributed by atoms with Crippen molar-refractivity contribution in [1.82, 2.24) is 10.3 Å². The normalized spacial score (nSPS) is 12.4. The molecule has 1 unspecified atom stereocenters. The summed E-state index contributed by atoms with van der Waals surface area (Å²) in [5.74, 6) is 1.73. The Morgan fingerprint density at radius 3 is 2.94 bits per heavy atom. The first kappa shape index (κ1) is 12.6. The minimum absolute atomic E-state index is 0.185. The zero-order chi connectivity index (χ0) is 13.0. The third kappa shape index (κ3) is 2.90. The summed E-state index contributed by atoms with van der Waals surface area (Å²) in [6.07, 6.45) is 3.15. The van der Waals surface area contributed by atoms with Crippen LogP contribution in [0.5, 0.6) is 5.75 Å². The lowest BCUT2D eigenvalue weighted by Gasteiger charge is -2.17. The Labute approximate surface area is 107 Å². The van der Waals surface area contributed by atoms with Gasteiger partial charge in [0.15, 0.2) is 6.39 Å². The Bertz CT molecular complexity index is 495. The molecule has 0 amide bonds. The molecule has 0 saturated carbocycles. The Morgan fingerprint density at radius 2 is 2.28 bits per heavy atom. The molecule has 96 valence electrons. The van der Waals surface area contributed by atoms with E-state index in [1.807, 2.05) is 12.1 Å². The van der Waals surface area contributed by atoms with Gasteiger partial charge in [-0.3, -0.25) is 0 Å². The van der Waals surface area contributed by atoms with E-state index in [9.17, 15) is 0 Å². The van der Waals surface area contributed by atoms with E-state index < -0.39 is 0 Å². The van der Waals surface area contributed by atoms with E-state index in [2.05, 4.69) is 30.2 Å². The Kier molecular flexibility index (Phi) is 3.99. The molecule has 2 rings (SSSR count). The molecule has 1 N–H and O–H groups in total. The molecule has 0 bridgehead atoms. The highest BCUT2D eigenvalue weighted by atomic mass is 16.5. The molecule has 2 aromatic rings. The zero-order valence-electron chi connectivity index (χ0n) is 10.9. The van der Waals surface area contributed by atoms with Gasteiger partial charge in [0.25, 0.3) is 0 Å². The summed E-state index contributed by atoms with van der Waals surface area (Å²) in [5, 5.41) is 3.39. The van der Waals surface area contributed by atoms with Gasteiger partial charge in [-0.1, -0.05) is 17.7 Å². The standard InChI is InChI=1S/C14H18N2O2/c1-10-4-5-14(17-3)13(6-10)11(2)16-8-12-7-15-9-18-12/h4-7,9,11,16H,8H2,1-3H3. The first-order valence-corrected chi connectivity index (χ1v) is 5.96. The van der Waals surface area contributed by atoms with Crippen LogP contribution >= 0.6 is 0 Å². The number of methoxy groups -OCH3 is 1. The van der Waals surface area contributed by atoms with Crippen LogP contribution in [0.4, 0.5) is 0 Å². The Morgan fingerprint density at radius 1 is 1.44 bits per heavy atom. The van der Waals surface area contributed by atoms with Crippen molar-refractivity contribution in [3.63, 3.8) is 0 Å². The fourth-order valence-electron chi connectivity index (χ4n) is 1.89. The smallest absolute Gasteiger partial charge is 0.180 e. The van der Waals surface area contributed by atoms with Crippen molar-refractivity contribution in [1.29, 1.82) is 0 Å². The van der Waals surface area contributed by atoms with Gasteiger partial charge in [0.2, 0.25) is 0 Å². The summed E-state index contributed by atoms with van der Waals surface area (Å²) in [4.78, 5) is 3.89. The van der Waals surface area contributed by atoms with Gasteiger partial charge in [-0.05, 0) is 19.9 Å². The van der Waals surface area contributed by atoms with Crippen LogP contribution in [-0.2, 0) is 6.54 Å². The minimum atomic E-state index is 0.185. The predicted molar refractivity (Wildman–Crippen MR) is 69.5 cm³/mol. The van der Waals surface area contributed by atoms with Crippen LogP contribution in [0, 0.1) is 6.92 Å². The number of rotatable bonds is 5. The minimum Gasteiger partial charge on any atom is -0.496 e. The molecule has 0 aliphatic carbocycles. The van der Waals surface area contributed by atoms with Crippen LogP contribution in [0.25, 0.3) is 0 Å². The number of benzene rings is 1.